The summed E-state index contributed by atoms with van der Waals surface area (Å²) in [4.78, 5) is 0. The van der Waals surface area contributed by atoms with Gasteiger partial charge in [0.1, 0.15) is 0 Å². The summed E-state index contributed by atoms with van der Waals surface area (Å²) in [5.41, 5.74) is 1.34. The number of hydrogen-bond donors (Lipinski definition) is 2. The van der Waals surface area contributed by atoms with Gasteiger partial charge in [-0.3, -0.25) is 0 Å². The van der Waals surface area contributed by atoms with Crippen molar-refractivity contribution in [3.63, 3.8) is 0 Å². The molecule has 0 aliphatic heterocycles. The molecule has 1 rings (SSSR count). The highest BCUT2D eigenvalue weighted by molar-refractivity contribution is 7.14. The molecule has 0 unspecified atom stereocenters. The molecule has 0 aliphatic rings. The smallest absolute Gasteiger partial charge is 0.0912 e. The van der Waals surface area contributed by atoms with Crippen LogP contribution in [0.25, 0.3) is 0 Å². The maximum absolute atomic E-state index is 3.40. The first kappa shape index (κ1) is 10.5. The van der Waals surface area contributed by atoms with Crippen LogP contribution < -0.4 is 10.6 Å². The van der Waals surface area contributed by atoms with Crippen molar-refractivity contribution in [2.75, 3.05) is 18.4 Å². The second-order valence-corrected chi connectivity index (χ2v) is 4.38. The quantitative estimate of drug-likeness (QED) is 0.710. The van der Waals surface area contributed by atoms with E-state index in [1.807, 2.05) is 0 Å². The third-order valence-corrected chi connectivity index (χ3v) is 2.80. The molecule has 2 nitrogen and oxygen atoms in total. The van der Waals surface area contributed by atoms with Crippen LogP contribution in [0.5, 0.6) is 0 Å². The molecule has 0 radical (unpaired) electrons. The number of aryl methyl sites for hydroxylation is 1. The average Bonchev–Trinajstić information content (AvgIpc) is 2.45. The summed E-state index contributed by atoms with van der Waals surface area (Å²) in [5.74, 6) is 0. The lowest BCUT2D eigenvalue weighted by Crippen LogP contribution is -2.28. The fourth-order valence-corrected chi connectivity index (χ4v) is 1.94. The van der Waals surface area contributed by atoms with Gasteiger partial charge < -0.3 is 10.6 Å². The van der Waals surface area contributed by atoms with Crippen LogP contribution >= 0.6 is 11.3 Å². The standard InChI is InChI=1S/C10H18N2S/c1-8(2)11-5-6-12-10-9(3)4-7-13-10/h4,7-8,11-12H,5-6H2,1-3H3. The molecule has 1 aromatic rings. The number of thiophene rings is 1. The monoisotopic (exact) mass is 198 g/mol. The predicted molar refractivity (Wildman–Crippen MR) is 60.7 cm³/mol. The molecule has 0 saturated carbocycles. The maximum atomic E-state index is 3.40. The largest absolute Gasteiger partial charge is 0.375 e. The van der Waals surface area contributed by atoms with Gasteiger partial charge in [-0.25, -0.2) is 0 Å². The van der Waals surface area contributed by atoms with Gasteiger partial charge in [0.15, 0.2) is 0 Å². The maximum Gasteiger partial charge on any atom is 0.0912 e. The van der Waals surface area contributed by atoms with Gasteiger partial charge in [-0.15, -0.1) is 11.3 Å². The number of nitrogens with one attached hydrogen (secondary N) is 2. The second-order valence-electron chi connectivity index (χ2n) is 3.47. The predicted octanol–water partition coefficient (Wildman–Crippen LogP) is 2.47. The van der Waals surface area contributed by atoms with Crippen LogP contribution in [0.3, 0.4) is 0 Å². The van der Waals surface area contributed by atoms with E-state index in [1.54, 1.807) is 11.3 Å². The fraction of sp³-hybridized carbons (Fsp3) is 0.600. The molecule has 0 fully saturated rings. The van der Waals surface area contributed by atoms with Gasteiger partial charge in [0.25, 0.3) is 0 Å². The highest BCUT2D eigenvalue weighted by atomic mass is 32.1. The van der Waals surface area contributed by atoms with Crippen LogP contribution in [0, 0.1) is 6.92 Å². The lowest BCUT2D eigenvalue weighted by molar-refractivity contribution is 0.602. The van der Waals surface area contributed by atoms with E-state index >= 15 is 0 Å². The van der Waals surface area contributed by atoms with E-state index in [-0.39, 0.29) is 0 Å². The van der Waals surface area contributed by atoms with E-state index < -0.39 is 0 Å². The van der Waals surface area contributed by atoms with Gasteiger partial charge in [-0.05, 0) is 23.9 Å². The zero-order chi connectivity index (χ0) is 9.68. The van der Waals surface area contributed by atoms with Gasteiger partial charge in [0.2, 0.25) is 0 Å². The summed E-state index contributed by atoms with van der Waals surface area (Å²) >= 11 is 1.77. The third-order valence-electron chi connectivity index (χ3n) is 1.83. The fourth-order valence-electron chi connectivity index (χ4n) is 1.09. The van der Waals surface area contributed by atoms with Crippen LogP contribution in [0.4, 0.5) is 5.00 Å². The molecule has 1 heterocycles. The van der Waals surface area contributed by atoms with Crippen molar-refractivity contribution in [3.05, 3.63) is 17.0 Å². The van der Waals surface area contributed by atoms with E-state index in [0.717, 1.165) is 13.1 Å². The first-order valence-electron chi connectivity index (χ1n) is 4.71. The van der Waals surface area contributed by atoms with Crippen LogP contribution in [-0.4, -0.2) is 19.1 Å². The summed E-state index contributed by atoms with van der Waals surface area (Å²) in [5, 5.41) is 10.2. The zero-order valence-electron chi connectivity index (χ0n) is 8.55. The van der Waals surface area contributed by atoms with E-state index in [2.05, 4.69) is 42.9 Å². The van der Waals surface area contributed by atoms with Crippen LogP contribution in [-0.2, 0) is 0 Å². The third kappa shape index (κ3) is 3.79. The van der Waals surface area contributed by atoms with Crippen molar-refractivity contribution >= 4 is 16.3 Å². The molecule has 13 heavy (non-hydrogen) atoms. The second kappa shape index (κ2) is 5.25. The van der Waals surface area contributed by atoms with Crippen molar-refractivity contribution in [2.45, 2.75) is 26.8 Å². The molecule has 0 saturated heterocycles. The average molecular weight is 198 g/mol. The minimum Gasteiger partial charge on any atom is -0.375 e. The van der Waals surface area contributed by atoms with Gasteiger partial charge in [0, 0.05) is 19.1 Å². The Bertz CT molecular complexity index is 243. The molecule has 0 aromatic carbocycles. The lowest BCUT2D eigenvalue weighted by Gasteiger charge is -2.09. The Morgan fingerprint density at radius 3 is 2.69 bits per heavy atom. The molecule has 0 spiro atoms. The van der Waals surface area contributed by atoms with E-state index in [4.69, 9.17) is 0 Å². The summed E-state index contributed by atoms with van der Waals surface area (Å²) in [6.45, 7) is 8.48. The Labute approximate surface area is 84.4 Å². The van der Waals surface area contributed by atoms with Gasteiger partial charge >= 0.3 is 0 Å². The minimum atomic E-state index is 0.575. The van der Waals surface area contributed by atoms with Gasteiger partial charge in [-0.1, -0.05) is 13.8 Å². The topological polar surface area (TPSA) is 24.1 Å². The van der Waals surface area contributed by atoms with Crippen LogP contribution in [0.2, 0.25) is 0 Å². The molecule has 74 valence electrons. The van der Waals surface area contributed by atoms with Gasteiger partial charge in [0.05, 0.1) is 5.00 Å². The Morgan fingerprint density at radius 2 is 2.15 bits per heavy atom. The molecular formula is C10H18N2S. The Morgan fingerprint density at radius 1 is 1.38 bits per heavy atom. The summed E-state index contributed by atoms with van der Waals surface area (Å²) < 4.78 is 0. The summed E-state index contributed by atoms with van der Waals surface area (Å²) in [6, 6.07) is 2.72. The highest BCUT2D eigenvalue weighted by Crippen LogP contribution is 2.20. The van der Waals surface area contributed by atoms with Crippen LogP contribution in [0.1, 0.15) is 19.4 Å². The minimum absolute atomic E-state index is 0.575. The molecule has 1 aromatic heterocycles. The molecule has 3 heteroatoms. The van der Waals surface area contributed by atoms with Crippen molar-refractivity contribution in [2.24, 2.45) is 0 Å². The van der Waals surface area contributed by atoms with E-state index in [1.165, 1.54) is 10.6 Å². The molecular weight excluding hydrogens is 180 g/mol. The number of hydrogen-bond acceptors (Lipinski definition) is 3. The van der Waals surface area contributed by atoms with E-state index in [9.17, 15) is 0 Å². The summed E-state index contributed by atoms with van der Waals surface area (Å²) in [6.07, 6.45) is 0. The van der Waals surface area contributed by atoms with Crippen molar-refractivity contribution in [1.82, 2.24) is 5.32 Å². The first-order chi connectivity index (χ1) is 6.20. The zero-order valence-corrected chi connectivity index (χ0v) is 9.37. The Hall–Kier alpha value is -0.540. The van der Waals surface area contributed by atoms with E-state index in [0.29, 0.717) is 6.04 Å². The van der Waals surface area contributed by atoms with Crippen molar-refractivity contribution in [3.8, 4) is 0 Å². The van der Waals surface area contributed by atoms with Crippen molar-refractivity contribution < 1.29 is 0 Å². The Balaban J connectivity index is 2.17. The number of anilines is 1. The Kier molecular flexibility index (Phi) is 4.25. The molecule has 0 amide bonds. The molecule has 0 bridgehead atoms. The first-order valence-corrected chi connectivity index (χ1v) is 5.59. The summed E-state index contributed by atoms with van der Waals surface area (Å²) in [7, 11) is 0. The SMILES string of the molecule is Cc1ccsc1NCCNC(C)C. The number of rotatable bonds is 5. The highest BCUT2D eigenvalue weighted by Gasteiger charge is 1.97. The van der Waals surface area contributed by atoms with Gasteiger partial charge in [-0.2, -0.15) is 0 Å². The molecule has 0 atom stereocenters. The molecule has 2 N–H and O–H groups in total. The normalized spacial score (nSPS) is 10.8. The van der Waals surface area contributed by atoms with Crippen LogP contribution in [0.15, 0.2) is 11.4 Å². The lowest BCUT2D eigenvalue weighted by atomic mass is 10.3. The van der Waals surface area contributed by atoms with Crippen molar-refractivity contribution in [1.29, 1.82) is 0 Å². The molecule has 0 aliphatic carbocycles.